The van der Waals surface area contributed by atoms with Crippen molar-refractivity contribution in [3.05, 3.63) is 12.2 Å². The van der Waals surface area contributed by atoms with Crippen molar-refractivity contribution in [3.63, 3.8) is 0 Å². The molecule has 0 saturated heterocycles. The molecule has 0 heterocycles. The Morgan fingerprint density at radius 3 is 0.641 bits per heavy atom. The third-order valence-corrected chi connectivity index (χ3v) is 16.5. The average molecular weight is 1100 g/mol. The smallest absolute Gasteiger partial charge is 0.306 e. The van der Waals surface area contributed by atoms with Gasteiger partial charge in [-0.1, -0.05) is 360 Å². The molecule has 1 unspecified atom stereocenters. The van der Waals surface area contributed by atoms with Crippen LogP contribution in [0.3, 0.4) is 0 Å². The van der Waals surface area contributed by atoms with E-state index in [1.165, 1.54) is 315 Å². The van der Waals surface area contributed by atoms with E-state index in [2.05, 4.69) is 32.9 Å². The monoisotopic (exact) mass is 1100 g/mol. The summed E-state index contributed by atoms with van der Waals surface area (Å²) in [5.74, 6) is -0.824. The van der Waals surface area contributed by atoms with Gasteiger partial charge in [-0.2, -0.15) is 0 Å². The molecule has 0 N–H and O–H groups in total. The lowest BCUT2D eigenvalue weighted by atomic mass is 10.0. The maximum atomic E-state index is 12.9. The number of ether oxygens (including phenoxy) is 3. The lowest BCUT2D eigenvalue weighted by molar-refractivity contribution is -0.167. The van der Waals surface area contributed by atoms with Crippen LogP contribution in [0.15, 0.2) is 12.2 Å². The SMILES string of the molecule is CCCCCCCCCC/C=C\CCCCCCCCCCCCCCCCCC(=O)OCC(COC(=O)CCCCCCCCCCCCCCCCCC)OC(=O)CCCCCCCCCCCCCCCCCCC. The van der Waals surface area contributed by atoms with E-state index in [1.54, 1.807) is 0 Å². The van der Waals surface area contributed by atoms with Crippen LogP contribution in [0.2, 0.25) is 0 Å². The van der Waals surface area contributed by atoms with Gasteiger partial charge in [0.2, 0.25) is 0 Å². The number of rotatable bonds is 67. The van der Waals surface area contributed by atoms with E-state index in [0.29, 0.717) is 19.3 Å². The van der Waals surface area contributed by atoms with E-state index in [0.717, 1.165) is 57.8 Å². The van der Waals surface area contributed by atoms with Gasteiger partial charge in [0.25, 0.3) is 0 Å². The lowest BCUT2D eigenvalue weighted by Gasteiger charge is -2.18. The summed E-state index contributed by atoms with van der Waals surface area (Å²) in [4.78, 5) is 38.4. The average Bonchev–Trinajstić information content (AvgIpc) is 3.44. The van der Waals surface area contributed by atoms with Gasteiger partial charge < -0.3 is 14.2 Å². The van der Waals surface area contributed by atoms with Gasteiger partial charge in [0, 0.05) is 19.3 Å². The highest BCUT2D eigenvalue weighted by molar-refractivity contribution is 5.71. The lowest BCUT2D eigenvalue weighted by Crippen LogP contribution is -2.30. The fourth-order valence-corrected chi connectivity index (χ4v) is 11.2. The zero-order valence-corrected chi connectivity index (χ0v) is 53.2. The van der Waals surface area contributed by atoms with Crippen molar-refractivity contribution in [1.29, 1.82) is 0 Å². The molecule has 0 radical (unpaired) electrons. The van der Waals surface area contributed by atoms with Crippen molar-refractivity contribution >= 4 is 17.9 Å². The van der Waals surface area contributed by atoms with E-state index in [9.17, 15) is 14.4 Å². The second-order valence-electron chi connectivity index (χ2n) is 24.5. The first-order chi connectivity index (χ1) is 38.5. The minimum absolute atomic E-state index is 0.0620. The van der Waals surface area contributed by atoms with E-state index in [1.807, 2.05) is 0 Å². The van der Waals surface area contributed by atoms with Crippen LogP contribution in [0.1, 0.15) is 412 Å². The minimum atomic E-state index is -0.765. The molecule has 0 rings (SSSR count). The maximum Gasteiger partial charge on any atom is 0.306 e. The van der Waals surface area contributed by atoms with Crippen molar-refractivity contribution in [2.45, 2.75) is 419 Å². The van der Waals surface area contributed by atoms with Crippen LogP contribution >= 0.6 is 0 Å². The predicted molar refractivity (Wildman–Crippen MR) is 340 cm³/mol. The molecule has 6 nitrogen and oxygen atoms in total. The van der Waals surface area contributed by atoms with Crippen molar-refractivity contribution < 1.29 is 28.6 Å². The molecule has 0 aliphatic rings. The summed E-state index contributed by atoms with van der Waals surface area (Å²) < 4.78 is 17.0. The van der Waals surface area contributed by atoms with E-state index < -0.39 is 6.10 Å². The Balaban J connectivity index is 4.21. The van der Waals surface area contributed by atoms with Crippen LogP contribution in [0, 0.1) is 0 Å². The minimum Gasteiger partial charge on any atom is -0.462 e. The summed E-state index contributed by atoms with van der Waals surface area (Å²) in [5.41, 5.74) is 0. The largest absolute Gasteiger partial charge is 0.462 e. The fraction of sp³-hybridized carbons (Fsp3) is 0.931. The Hall–Kier alpha value is -1.85. The number of unbranched alkanes of at least 4 members (excludes halogenated alkanes) is 54. The van der Waals surface area contributed by atoms with Gasteiger partial charge in [0.15, 0.2) is 6.10 Å². The highest BCUT2D eigenvalue weighted by atomic mass is 16.6. The molecule has 1 atom stereocenters. The van der Waals surface area contributed by atoms with Gasteiger partial charge in [-0.15, -0.1) is 0 Å². The van der Waals surface area contributed by atoms with Crippen LogP contribution in [0.4, 0.5) is 0 Å². The first kappa shape index (κ1) is 76.1. The molecule has 0 aromatic heterocycles. The second-order valence-corrected chi connectivity index (χ2v) is 24.5. The number of carbonyl (C=O) groups excluding carboxylic acids is 3. The summed E-state index contributed by atoms with van der Waals surface area (Å²) in [6, 6.07) is 0. The molecule has 0 bridgehead atoms. The molecule has 0 amide bonds. The number of esters is 3. The maximum absolute atomic E-state index is 12.9. The van der Waals surface area contributed by atoms with Crippen LogP contribution in [-0.4, -0.2) is 37.2 Å². The summed E-state index contributed by atoms with van der Waals surface area (Å²) in [5, 5.41) is 0. The van der Waals surface area contributed by atoms with Crippen molar-refractivity contribution in [1.82, 2.24) is 0 Å². The van der Waals surface area contributed by atoms with E-state index >= 15 is 0 Å². The Morgan fingerprint density at radius 1 is 0.244 bits per heavy atom. The summed E-state index contributed by atoms with van der Waals surface area (Å²) in [6.45, 7) is 6.74. The molecule has 78 heavy (non-hydrogen) atoms. The highest BCUT2D eigenvalue weighted by Gasteiger charge is 2.19. The number of hydrogen-bond donors (Lipinski definition) is 0. The summed E-state index contributed by atoms with van der Waals surface area (Å²) in [6.07, 6.45) is 81.0. The topological polar surface area (TPSA) is 78.9 Å². The fourth-order valence-electron chi connectivity index (χ4n) is 11.2. The third kappa shape index (κ3) is 65.0. The van der Waals surface area contributed by atoms with E-state index in [-0.39, 0.29) is 31.1 Å². The Kier molecular flexibility index (Phi) is 66.0. The quantitative estimate of drug-likeness (QED) is 0.0261. The van der Waals surface area contributed by atoms with Crippen molar-refractivity contribution in [3.8, 4) is 0 Å². The summed E-state index contributed by atoms with van der Waals surface area (Å²) in [7, 11) is 0. The normalized spacial score (nSPS) is 12.0. The summed E-state index contributed by atoms with van der Waals surface area (Å²) >= 11 is 0. The van der Waals surface area contributed by atoms with Crippen LogP contribution in [0.5, 0.6) is 0 Å². The highest BCUT2D eigenvalue weighted by Crippen LogP contribution is 2.19. The van der Waals surface area contributed by atoms with Crippen LogP contribution in [0.25, 0.3) is 0 Å². The van der Waals surface area contributed by atoms with Gasteiger partial charge in [0.1, 0.15) is 13.2 Å². The molecule has 0 aliphatic heterocycles. The van der Waals surface area contributed by atoms with Gasteiger partial charge in [-0.05, 0) is 44.9 Å². The zero-order chi connectivity index (χ0) is 56.4. The molecule has 0 fully saturated rings. The molecular weight excluding hydrogens is 961 g/mol. The van der Waals surface area contributed by atoms with Crippen molar-refractivity contribution in [2.24, 2.45) is 0 Å². The molecule has 0 aromatic rings. The Morgan fingerprint density at radius 2 is 0.423 bits per heavy atom. The number of carbonyl (C=O) groups is 3. The molecule has 462 valence electrons. The number of allylic oxidation sites excluding steroid dienone is 2. The predicted octanol–water partition coefficient (Wildman–Crippen LogP) is 24.4. The molecule has 6 heteroatoms. The van der Waals surface area contributed by atoms with Crippen LogP contribution < -0.4 is 0 Å². The molecule has 0 aliphatic carbocycles. The van der Waals surface area contributed by atoms with Gasteiger partial charge >= 0.3 is 17.9 Å². The standard InChI is InChI=1S/C72H138O6/c1-4-7-10-13-16-19-22-25-28-31-32-33-34-35-36-37-38-39-40-42-44-47-50-53-56-59-62-65-71(74)77-68-69(67-76-70(73)64-61-58-55-52-49-46-43-30-27-24-21-18-15-12-9-6-3)78-72(75)66-63-60-57-54-51-48-45-41-29-26-23-20-17-14-11-8-5-2/h31-32,69H,4-30,33-68H2,1-3H3/b32-31-. The molecule has 0 saturated carbocycles. The van der Waals surface area contributed by atoms with Gasteiger partial charge in [0.05, 0.1) is 0 Å². The third-order valence-electron chi connectivity index (χ3n) is 16.5. The Labute approximate surface area is 488 Å². The van der Waals surface area contributed by atoms with Gasteiger partial charge in [-0.3, -0.25) is 14.4 Å². The first-order valence-corrected chi connectivity index (χ1v) is 35.7. The van der Waals surface area contributed by atoms with Gasteiger partial charge in [-0.25, -0.2) is 0 Å². The Bertz CT molecular complexity index is 1210. The molecular formula is C72H138O6. The zero-order valence-electron chi connectivity index (χ0n) is 53.2. The molecule has 0 aromatic carbocycles. The van der Waals surface area contributed by atoms with Crippen molar-refractivity contribution in [2.75, 3.05) is 13.2 Å². The molecule has 0 spiro atoms. The second kappa shape index (κ2) is 67.7. The first-order valence-electron chi connectivity index (χ1n) is 35.7. The number of hydrogen-bond acceptors (Lipinski definition) is 6. The van der Waals surface area contributed by atoms with E-state index in [4.69, 9.17) is 14.2 Å². The van der Waals surface area contributed by atoms with Crippen LogP contribution in [-0.2, 0) is 28.6 Å².